The van der Waals surface area contributed by atoms with E-state index in [1.165, 1.54) is 0 Å². The Kier molecular flexibility index (Phi) is 2.57. The molecule has 0 aromatic heterocycles. The number of para-hydroxylation sites is 2. The zero-order valence-electron chi connectivity index (χ0n) is 9.68. The summed E-state index contributed by atoms with van der Waals surface area (Å²) in [5, 5.41) is 5.97. The standard InChI is InChI=1S/C15H12N2O/c18-15-13(10-16-11-6-2-1-3-7-11)12-8-4-5-9-14(12)17-15/h1-10,16H,(H,17,18)/b13-10+. The van der Waals surface area contributed by atoms with Gasteiger partial charge >= 0.3 is 0 Å². The van der Waals surface area contributed by atoms with Gasteiger partial charge in [-0.15, -0.1) is 0 Å². The zero-order valence-corrected chi connectivity index (χ0v) is 9.68. The summed E-state index contributed by atoms with van der Waals surface area (Å²) in [6.45, 7) is 0. The molecule has 1 aliphatic rings. The predicted molar refractivity (Wildman–Crippen MR) is 73.1 cm³/mol. The molecule has 0 bridgehead atoms. The van der Waals surface area contributed by atoms with Gasteiger partial charge in [0.15, 0.2) is 0 Å². The molecule has 2 aromatic carbocycles. The first-order valence-electron chi connectivity index (χ1n) is 5.77. The number of carbonyl (C=O) groups excluding carboxylic acids is 1. The molecular weight excluding hydrogens is 224 g/mol. The third-order valence-electron chi connectivity index (χ3n) is 2.87. The number of amides is 1. The van der Waals surface area contributed by atoms with Crippen LogP contribution in [0.5, 0.6) is 0 Å². The first-order chi connectivity index (χ1) is 8.84. The fraction of sp³-hybridized carbons (Fsp3) is 0. The van der Waals surface area contributed by atoms with Crippen LogP contribution in [0.4, 0.5) is 11.4 Å². The fourth-order valence-corrected chi connectivity index (χ4v) is 1.97. The lowest BCUT2D eigenvalue weighted by atomic mass is 10.1. The van der Waals surface area contributed by atoms with Crippen LogP contribution in [0, 0.1) is 0 Å². The largest absolute Gasteiger partial charge is 0.361 e. The van der Waals surface area contributed by atoms with Crippen molar-refractivity contribution >= 4 is 22.9 Å². The van der Waals surface area contributed by atoms with Crippen molar-refractivity contribution in [3.8, 4) is 0 Å². The number of anilines is 2. The van der Waals surface area contributed by atoms with Gasteiger partial charge < -0.3 is 10.6 Å². The maximum Gasteiger partial charge on any atom is 0.257 e. The third-order valence-corrected chi connectivity index (χ3v) is 2.87. The van der Waals surface area contributed by atoms with Crippen molar-refractivity contribution in [1.29, 1.82) is 0 Å². The highest BCUT2D eigenvalue weighted by Crippen LogP contribution is 2.30. The highest BCUT2D eigenvalue weighted by Gasteiger charge is 2.22. The maximum atomic E-state index is 11.8. The van der Waals surface area contributed by atoms with E-state index in [4.69, 9.17) is 0 Å². The van der Waals surface area contributed by atoms with Gasteiger partial charge in [-0.25, -0.2) is 0 Å². The molecular formula is C15H12N2O. The van der Waals surface area contributed by atoms with Crippen molar-refractivity contribution in [1.82, 2.24) is 0 Å². The average Bonchev–Trinajstić information content (AvgIpc) is 2.73. The lowest BCUT2D eigenvalue weighted by Crippen LogP contribution is -2.05. The van der Waals surface area contributed by atoms with Crippen LogP contribution in [0.1, 0.15) is 5.56 Å². The molecule has 1 heterocycles. The smallest absolute Gasteiger partial charge is 0.257 e. The van der Waals surface area contributed by atoms with Crippen LogP contribution >= 0.6 is 0 Å². The Morgan fingerprint density at radius 2 is 1.67 bits per heavy atom. The van der Waals surface area contributed by atoms with Gasteiger partial charge in [0, 0.05) is 23.1 Å². The van der Waals surface area contributed by atoms with Crippen LogP contribution in [-0.2, 0) is 4.79 Å². The van der Waals surface area contributed by atoms with Gasteiger partial charge in [0.25, 0.3) is 5.91 Å². The fourth-order valence-electron chi connectivity index (χ4n) is 1.97. The Labute approximate surface area is 105 Å². The van der Waals surface area contributed by atoms with Gasteiger partial charge in [0.05, 0.1) is 5.57 Å². The first-order valence-corrected chi connectivity index (χ1v) is 5.77. The lowest BCUT2D eigenvalue weighted by Gasteiger charge is -2.01. The number of hydrogen-bond donors (Lipinski definition) is 2. The maximum absolute atomic E-state index is 11.8. The van der Waals surface area contributed by atoms with E-state index in [0.717, 1.165) is 16.9 Å². The van der Waals surface area contributed by atoms with E-state index in [1.54, 1.807) is 6.20 Å². The zero-order chi connectivity index (χ0) is 12.4. The Bertz CT molecular complexity index is 617. The van der Waals surface area contributed by atoms with Crippen LogP contribution in [-0.4, -0.2) is 5.91 Å². The van der Waals surface area contributed by atoms with E-state index in [2.05, 4.69) is 10.6 Å². The van der Waals surface area contributed by atoms with Gasteiger partial charge in [-0.1, -0.05) is 36.4 Å². The van der Waals surface area contributed by atoms with Crippen molar-refractivity contribution in [2.24, 2.45) is 0 Å². The lowest BCUT2D eigenvalue weighted by molar-refractivity contribution is -0.110. The molecule has 1 aliphatic heterocycles. The van der Waals surface area contributed by atoms with Gasteiger partial charge in [0.1, 0.15) is 0 Å². The van der Waals surface area contributed by atoms with Crippen LogP contribution in [0.3, 0.4) is 0 Å². The number of rotatable bonds is 2. The van der Waals surface area contributed by atoms with E-state index < -0.39 is 0 Å². The van der Waals surface area contributed by atoms with Crippen LogP contribution in [0.2, 0.25) is 0 Å². The Morgan fingerprint density at radius 1 is 0.944 bits per heavy atom. The van der Waals surface area contributed by atoms with Gasteiger partial charge in [-0.3, -0.25) is 4.79 Å². The summed E-state index contributed by atoms with van der Waals surface area (Å²) in [6, 6.07) is 17.4. The van der Waals surface area contributed by atoms with Gasteiger partial charge in [0.2, 0.25) is 0 Å². The minimum absolute atomic E-state index is 0.0698. The Morgan fingerprint density at radius 3 is 2.50 bits per heavy atom. The van der Waals surface area contributed by atoms with Crippen molar-refractivity contribution < 1.29 is 4.79 Å². The second-order valence-electron chi connectivity index (χ2n) is 4.07. The van der Waals surface area contributed by atoms with Gasteiger partial charge in [-0.2, -0.15) is 0 Å². The molecule has 0 aliphatic carbocycles. The molecule has 88 valence electrons. The second kappa shape index (κ2) is 4.37. The van der Waals surface area contributed by atoms with E-state index in [9.17, 15) is 4.79 Å². The number of hydrogen-bond acceptors (Lipinski definition) is 2. The molecule has 0 saturated heterocycles. The molecule has 3 heteroatoms. The number of benzene rings is 2. The molecule has 0 radical (unpaired) electrons. The normalized spacial score (nSPS) is 15.3. The Hall–Kier alpha value is -2.55. The average molecular weight is 236 g/mol. The molecule has 3 rings (SSSR count). The summed E-state index contributed by atoms with van der Waals surface area (Å²) < 4.78 is 0. The summed E-state index contributed by atoms with van der Waals surface area (Å²) in [4.78, 5) is 11.8. The summed E-state index contributed by atoms with van der Waals surface area (Å²) in [7, 11) is 0. The topological polar surface area (TPSA) is 41.1 Å². The Balaban J connectivity index is 1.91. The molecule has 0 spiro atoms. The van der Waals surface area contributed by atoms with Crippen molar-refractivity contribution in [2.45, 2.75) is 0 Å². The number of nitrogens with one attached hydrogen (secondary N) is 2. The molecule has 2 aromatic rings. The number of carbonyl (C=O) groups is 1. The van der Waals surface area contributed by atoms with E-state index >= 15 is 0 Å². The minimum atomic E-state index is -0.0698. The molecule has 0 fully saturated rings. The quantitative estimate of drug-likeness (QED) is 0.787. The molecule has 0 unspecified atom stereocenters. The molecule has 2 N–H and O–H groups in total. The first kappa shape index (κ1) is 10.6. The molecule has 0 saturated carbocycles. The number of fused-ring (bicyclic) bond motifs is 1. The summed E-state index contributed by atoms with van der Waals surface area (Å²) >= 11 is 0. The van der Waals surface area contributed by atoms with E-state index in [1.807, 2.05) is 54.6 Å². The molecule has 0 atom stereocenters. The van der Waals surface area contributed by atoms with Crippen molar-refractivity contribution in [3.05, 3.63) is 66.4 Å². The van der Waals surface area contributed by atoms with Crippen LogP contribution in [0.15, 0.2) is 60.8 Å². The minimum Gasteiger partial charge on any atom is -0.361 e. The third kappa shape index (κ3) is 1.86. The van der Waals surface area contributed by atoms with Crippen LogP contribution < -0.4 is 10.6 Å². The van der Waals surface area contributed by atoms with E-state index in [0.29, 0.717) is 5.57 Å². The second-order valence-corrected chi connectivity index (χ2v) is 4.07. The summed E-state index contributed by atoms with van der Waals surface area (Å²) in [6.07, 6.45) is 1.75. The van der Waals surface area contributed by atoms with Crippen molar-refractivity contribution in [3.63, 3.8) is 0 Å². The molecule has 18 heavy (non-hydrogen) atoms. The highest BCUT2D eigenvalue weighted by molar-refractivity contribution is 6.31. The van der Waals surface area contributed by atoms with Crippen molar-refractivity contribution in [2.75, 3.05) is 10.6 Å². The molecule has 1 amide bonds. The van der Waals surface area contributed by atoms with Gasteiger partial charge in [-0.05, 0) is 18.2 Å². The SMILES string of the molecule is O=C1Nc2ccccc2/C1=C\Nc1ccccc1. The monoisotopic (exact) mass is 236 g/mol. The van der Waals surface area contributed by atoms with E-state index in [-0.39, 0.29) is 5.91 Å². The summed E-state index contributed by atoms with van der Waals surface area (Å²) in [5.74, 6) is -0.0698. The summed E-state index contributed by atoms with van der Waals surface area (Å²) in [5.41, 5.74) is 3.42. The predicted octanol–water partition coefficient (Wildman–Crippen LogP) is 3.09. The molecule has 3 nitrogen and oxygen atoms in total. The highest BCUT2D eigenvalue weighted by atomic mass is 16.2. The van der Waals surface area contributed by atoms with Crippen LogP contribution in [0.25, 0.3) is 5.57 Å².